The molecule has 0 aliphatic heterocycles. The summed E-state index contributed by atoms with van der Waals surface area (Å²) in [6.45, 7) is 7.20. The van der Waals surface area contributed by atoms with Crippen LogP contribution in [0.3, 0.4) is 0 Å². The molecule has 1 unspecified atom stereocenters. The summed E-state index contributed by atoms with van der Waals surface area (Å²) in [6, 6.07) is 2.37. The van der Waals surface area contributed by atoms with E-state index in [1.165, 1.54) is 19.1 Å². The largest absolute Gasteiger partial charge is 0.207 e. The highest BCUT2D eigenvalue weighted by Gasteiger charge is 2.27. The zero-order chi connectivity index (χ0) is 11.8. The van der Waals surface area contributed by atoms with Gasteiger partial charge in [0.05, 0.1) is 5.38 Å². The molecule has 1 atom stereocenters. The van der Waals surface area contributed by atoms with Crippen LogP contribution in [0.5, 0.6) is 0 Å². The number of rotatable bonds is 1. The minimum absolute atomic E-state index is 0.229. The van der Waals surface area contributed by atoms with E-state index in [9.17, 15) is 8.78 Å². The highest BCUT2D eigenvalue weighted by atomic mass is 35.5. The van der Waals surface area contributed by atoms with Crippen molar-refractivity contribution in [3.63, 3.8) is 0 Å². The first-order valence-electron chi connectivity index (χ1n) is 4.83. The SMILES string of the molecule is Cc1cc(F)c(C(Cl)C(C)(C)C)cc1F. The van der Waals surface area contributed by atoms with Crippen molar-refractivity contribution in [3.05, 3.63) is 34.9 Å². The van der Waals surface area contributed by atoms with Gasteiger partial charge in [-0.3, -0.25) is 0 Å². The lowest BCUT2D eigenvalue weighted by atomic mass is 9.87. The number of benzene rings is 1. The average molecular weight is 233 g/mol. The van der Waals surface area contributed by atoms with Gasteiger partial charge >= 0.3 is 0 Å². The van der Waals surface area contributed by atoms with Gasteiger partial charge in [-0.25, -0.2) is 8.78 Å². The maximum atomic E-state index is 13.6. The van der Waals surface area contributed by atoms with E-state index >= 15 is 0 Å². The van der Waals surface area contributed by atoms with Gasteiger partial charge in [-0.1, -0.05) is 20.8 Å². The molecule has 1 rings (SSSR count). The molecule has 84 valence electrons. The van der Waals surface area contributed by atoms with Gasteiger partial charge in [0.2, 0.25) is 0 Å². The van der Waals surface area contributed by atoms with Crippen LogP contribution in [0, 0.1) is 24.0 Å². The second-order valence-corrected chi connectivity index (χ2v) is 5.29. The maximum Gasteiger partial charge on any atom is 0.128 e. The van der Waals surface area contributed by atoms with Crippen molar-refractivity contribution in [2.45, 2.75) is 33.1 Å². The number of hydrogen-bond acceptors (Lipinski definition) is 0. The van der Waals surface area contributed by atoms with E-state index in [-0.39, 0.29) is 11.0 Å². The summed E-state index contributed by atoms with van der Waals surface area (Å²) in [7, 11) is 0. The molecular weight excluding hydrogens is 218 g/mol. The van der Waals surface area contributed by atoms with Crippen LogP contribution < -0.4 is 0 Å². The Balaban J connectivity index is 3.21. The van der Waals surface area contributed by atoms with Crippen LogP contribution in [0.25, 0.3) is 0 Å². The molecule has 15 heavy (non-hydrogen) atoms. The van der Waals surface area contributed by atoms with E-state index < -0.39 is 17.0 Å². The third-order valence-corrected chi connectivity index (χ3v) is 3.20. The van der Waals surface area contributed by atoms with Crippen LogP contribution in [-0.4, -0.2) is 0 Å². The summed E-state index contributed by atoms with van der Waals surface area (Å²) in [6.07, 6.45) is 0. The lowest BCUT2D eigenvalue weighted by Gasteiger charge is -2.26. The smallest absolute Gasteiger partial charge is 0.128 e. The van der Waals surface area contributed by atoms with Crippen molar-refractivity contribution < 1.29 is 8.78 Å². The Kier molecular flexibility index (Phi) is 3.39. The molecule has 0 bridgehead atoms. The topological polar surface area (TPSA) is 0 Å². The Hall–Kier alpha value is -0.630. The molecule has 0 fully saturated rings. The van der Waals surface area contributed by atoms with E-state index in [2.05, 4.69) is 0 Å². The summed E-state index contributed by atoms with van der Waals surface area (Å²) in [5, 5.41) is -0.535. The van der Waals surface area contributed by atoms with E-state index in [4.69, 9.17) is 11.6 Å². The van der Waals surface area contributed by atoms with Gasteiger partial charge in [-0.2, -0.15) is 0 Å². The number of hydrogen-bond donors (Lipinski definition) is 0. The normalized spacial score (nSPS) is 14.1. The standard InChI is InChI=1S/C12H15ClF2/c1-7-5-10(15)8(6-9(7)14)11(13)12(2,3)4/h5-6,11H,1-4H3. The van der Waals surface area contributed by atoms with Crippen LogP contribution in [-0.2, 0) is 0 Å². The number of alkyl halides is 1. The molecular formula is C12H15ClF2. The van der Waals surface area contributed by atoms with E-state index in [1.54, 1.807) is 0 Å². The maximum absolute atomic E-state index is 13.6. The molecule has 0 saturated carbocycles. The van der Waals surface area contributed by atoms with Gasteiger partial charge < -0.3 is 0 Å². The molecule has 0 spiro atoms. The fourth-order valence-electron chi connectivity index (χ4n) is 1.32. The van der Waals surface area contributed by atoms with Crippen LogP contribution in [0.15, 0.2) is 12.1 Å². The first-order chi connectivity index (χ1) is 6.73. The van der Waals surface area contributed by atoms with Crippen molar-refractivity contribution in [1.82, 2.24) is 0 Å². The van der Waals surface area contributed by atoms with Gasteiger partial charge in [0, 0.05) is 5.56 Å². The quantitative estimate of drug-likeness (QED) is 0.621. The van der Waals surface area contributed by atoms with Gasteiger partial charge in [0.25, 0.3) is 0 Å². The Morgan fingerprint density at radius 1 is 1.13 bits per heavy atom. The molecule has 0 N–H and O–H groups in total. The first-order valence-corrected chi connectivity index (χ1v) is 5.26. The molecule has 1 aromatic rings. The Labute approximate surface area is 94.3 Å². The van der Waals surface area contributed by atoms with Crippen molar-refractivity contribution in [2.75, 3.05) is 0 Å². The van der Waals surface area contributed by atoms with E-state index in [0.717, 1.165) is 0 Å². The lowest BCUT2D eigenvalue weighted by molar-refractivity contribution is 0.385. The summed E-state index contributed by atoms with van der Waals surface area (Å²) < 4.78 is 26.8. The second kappa shape index (κ2) is 4.09. The van der Waals surface area contributed by atoms with E-state index in [0.29, 0.717) is 5.56 Å². The molecule has 0 amide bonds. The predicted octanol–water partition coefficient (Wildman–Crippen LogP) is 4.60. The fraction of sp³-hybridized carbons (Fsp3) is 0.500. The molecule has 1 aromatic carbocycles. The minimum Gasteiger partial charge on any atom is -0.207 e. The average Bonchev–Trinajstić information content (AvgIpc) is 2.08. The van der Waals surface area contributed by atoms with Crippen molar-refractivity contribution in [2.24, 2.45) is 5.41 Å². The highest BCUT2D eigenvalue weighted by molar-refractivity contribution is 6.21. The molecule has 3 heteroatoms. The Bertz CT molecular complexity index is 367. The molecule has 0 saturated heterocycles. The third-order valence-electron chi connectivity index (χ3n) is 2.31. The number of aryl methyl sites for hydroxylation is 1. The van der Waals surface area contributed by atoms with Crippen molar-refractivity contribution >= 4 is 11.6 Å². The molecule has 0 heterocycles. The second-order valence-electron chi connectivity index (χ2n) is 4.85. The Morgan fingerprint density at radius 3 is 2.13 bits per heavy atom. The lowest BCUT2D eigenvalue weighted by Crippen LogP contribution is -2.15. The van der Waals surface area contributed by atoms with Crippen molar-refractivity contribution in [3.8, 4) is 0 Å². The van der Waals surface area contributed by atoms with Gasteiger partial charge in [-0.05, 0) is 30.0 Å². The van der Waals surface area contributed by atoms with Crippen LogP contribution in [0.4, 0.5) is 8.78 Å². The van der Waals surface area contributed by atoms with Crippen LogP contribution in [0.1, 0.15) is 37.3 Å². The molecule has 0 aliphatic carbocycles. The van der Waals surface area contributed by atoms with Gasteiger partial charge in [0.1, 0.15) is 11.6 Å². The number of halogens is 3. The molecule has 0 aliphatic rings. The Morgan fingerprint density at radius 2 is 1.67 bits per heavy atom. The third kappa shape index (κ3) is 2.69. The molecule has 0 aromatic heterocycles. The van der Waals surface area contributed by atoms with E-state index in [1.807, 2.05) is 20.8 Å². The summed E-state index contributed by atoms with van der Waals surface area (Å²) in [5.74, 6) is -0.856. The van der Waals surface area contributed by atoms with Crippen LogP contribution >= 0.6 is 11.6 Å². The zero-order valence-corrected chi connectivity index (χ0v) is 10.1. The zero-order valence-electron chi connectivity index (χ0n) is 9.37. The van der Waals surface area contributed by atoms with Gasteiger partial charge in [0.15, 0.2) is 0 Å². The van der Waals surface area contributed by atoms with Crippen molar-refractivity contribution in [1.29, 1.82) is 0 Å². The molecule has 0 radical (unpaired) electrons. The first kappa shape index (κ1) is 12.4. The summed E-state index contributed by atoms with van der Waals surface area (Å²) >= 11 is 6.11. The van der Waals surface area contributed by atoms with Crippen LogP contribution in [0.2, 0.25) is 0 Å². The molecule has 0 nitrogen and oxygen atoms in total. The van der Waals surface area contributed by atoms with Gasteiger partial charge in [-0.15, -0.1) is 11.6 Å². The summed E-state index contributed by atoms with van der Waals surface area (Å²) in [4.78, 5) is 0. The predicted molar refractivity (Wildman–Crippen MR) is 59.1 cm³/mol. The summed E-state index contributed by atoms with van der Waals surface area (Å²) in [5.41, 5.74) is 0.227. The highest BCUT2D eigenvalue weighted by Crippen LogP contribution is 2.39. The minimum atomic E-state index is -0.535. The monoisotopic (exact) mass is 232 g/mol. The fourth-order valence-corrected chi connectivity index (χ4v) is 1.49.